The average molecular weight is 324 g/mol. The lowest BCUT2D eigenvalue weighted by atomic mass is 10.1. The van der Waals surface area contributed by atoms with E-state index in [1.54, 1.807) is 11.3 Å². The molecule has 114 valence electrons. The van der Waals surface area contributed by atoms with Crippen molar-refractivity contribution in [3.8, 4) is 5.75 Å². The third-order valence-electron chi connectivity index (χ3n) is 3.01. The summed E-state index contributed by atoms with van der Waals surface area (Å²) in [4.78, 5) is 1.33. The number of benzene rings is 1. The number of thiophene rings is 1. The summed E-state index contributed by atoms with van der Waals surface area (Å²) < 4.78 is 5.76. The molecule has 1 aromatic heterocycles. The van der Waals surface area contributed by atoms with Gasteiger partial charge in [0.15, 0.2) is 0 Å². The van der Waals surface area contributed by atoms with E-state index in [9.17, 15) is 0 Å². The Hall–Kier alpha value is -1.03. The van der Waals surface area contributed by atoms with E-state index in [2.05, 4.69) is 49.7 Å². The lowest BCUT2D eigenvalue weighted by molar-refractivity contribution is 0.323. The van der Waals surface area contributed by atoms with Gasteiger partial charge in [-0.2, -0.15) is 0 Å². The van der Waals surface area contributed by atoms with E-state index in [0.29, 0.717) is 11.6 Å². The lowest BCUT2D eigenvalue weighted by Crippen LogP contribution is -2.35. The van der Waals surface area contributed by atoms with Crippen LogP contribution in [0.1, 0.15) is 31.2 Å². The first kappa shape index (κ1) is 16.3. The molecule has 0 radical (unpaired) electrons. The van der Waals surface area contributed by atoms with Gasteiger partial charge in [-0.3, -0.25) is 0 Å². The van der Waals surface area contributed by atoms with Crippen LogP contribution in [0.25, 0.3) is 0 Å². The van der Waals surface area contributed by atoms with Crippen LogP contribution in [0, 0.1) is 0 Å². The molecule has 0 unspecified atom stereocenters. The highest BCUT2D eigenvalue weighted by molar-refractivity contribution is 7.09. The average Bonchev–Trinajstić information content (AvgIpc) is 2.91. The minimum Gasteiger partial charge on any atom is -0.492 e. The van der Waals surface area contributed by atoms with Gasteiger partial charge in [0.2, 0.25) is 0 Å². The molecule has 4 heteroatoms. The molecular weight excluding hydrogens is 302 g/mol. The molecule has 0 bridgehead atoms. The van der Waals surface area contributed by atoms with E-state index < -0.39 is 0 Å². The van der Waals surface area contributed by atoms with Crippen LogP contribution in [-0.4, -0.2) is 12.1 Å². The van der Waals surface area contributed by atoms with Gasteiger partial charge in [0, 0.05) is 23.4 Å². The Labute approximate surface area is 136 Å². The molecule has 0 saturated heterocycles. The van der Waals surface area contributed by atoms with Crippen LogP contribution in [0.2, 0.25) is 5.02 Å². The minimum atomic E-state index is 0.0996. The van der Waals surface area contributed by atoms with Gasteiger partial charge in [0.1, 0.15) is 5.75 Å². The fourth-order valence-corrected chi connectivity index (χ4v) is 2.80. The van der Waals surface area contributed by atoms with Gasteiger partial charge >= 0.3 is 0 Å². The SMILES string of the molecule is CC(C)(C)NCc1ccc(OCCc2cccs2)c(Cl)c1. The summed E-state index contributed by atoms with van der Waals surface area (Å²) in [6.45, 7) is 7.91. The number of nitrogens with one attached hydrogen (secondary N) is 1. The molecule has 0 aliphatic rings. The summed E-state index contributed by atoms with van der Waals surface area (Å²) in [5.41, 5.74) is 1.27. The molecule has 2 rings (SSSR count). The molecule has 0 aliphatic carbocycles. The van der Waals surface area contributed by atoms with Crippen LogP contribution in [0.5, 0.6) is 5.75 Å². The number of halogens is 1. The molecule has 0 spiro atoms. The number of rotatable bonds is 6. The number of hydrogen-bond acceptors (Lipinski definition) is 3. The van der Waals surface area contributed by atoms with E-state index in [1.807, 2.05) is 12.1 Å². The van der Waals surface area contributed by atoms with Gasteiger partial charge < -0.3 is 10.1 Å². The van der Waals surface area contributed by atoms with Gasteiger partial charge in [-0.15, -0.1) is 11.3 Å². The second-order valence-electron chi connectivity index (χ2n) is 6.05. The Kier molecular flexibility index (Phi) is 5.68. The van der Waals surface area contributed by atoms with Crippen molar-refractivity contribution in [1.82, 2.24) is 5.32 Å². The highest BCUT2D eigenvalue weighted by Gasteiger charge is 2.09. The molecular formula is C17H22ClNOS. The Balaban J connectivity index is 1.86. The standard InChI is InChI=1S/C17H22ClNOS/c1-17(2,3)19-12-13-6-7-16(15(18)11-13)20-9-8-14-5-4-10-21-14/h4-7,10-11,19H,8-9,12H2,1-3H3. The highest BCUT2D eigenvalue weighted by atomic mass is 35.5. The molecule has 2 nitrogen and oxygen atoms in total. The maximum absolute atomic E-state index is 6.29. The summed E-state index contributed by atoms with van der Waals surface area (Å²) in [6, 6.07) is 10.2. The Morgan fingerprint density at radius 2 is 2.05 bits per heavy atom. The zero-order chi connectivity index (χ0) is 15.3. The first-order valence-corrected chi connectivity index (χ1v) is 8.38. The smallest absolute Gasteiger partial charge is 0.137 e. The van der Waals surface area contributed by atoms with E-state index >= 15 is 0 Å². The highest BCUT2D eigenvalue weighted by Crippen LogP contribution is 2.26. The summed E-state index contributed by atoms with van der Waals surface area (Å²) in [5.74, 6) is 0.757. The molecule has 1 heterocycles. The van der Waals surface area contributed by atoms with Crippen LogP contribution in [-0.2, 0) is 13.0 Å². The van der Waals surface area contributed by atoms with Crippen molar-refractivity contribution >= 4 is 22.9 Å². The third-order valence-corrected chi connectivity index (χ3v) is 4.24. The van der Waals surface area contributed by atoms with Gasteiger partial charge in [-0.1, -0.05) is 23.7 Å². The molecule has 21 heavy (non-hydrogen) atoms. The van der Waals surface area contributed by atoms with E-state index in [-0.39, 0.29) is 5.54 Å². The van der Waals surface area contributed by atoms with Crippen LogP contribution < -0.4 is 10.1 Å². The normalized spacial score (nSPS) is 11.6. The van der Waals surface area contributed by atoms with Crippen molar-refractivity contribution in [2.45, 2.75) is 39.3 Å². The van der Waals surface area contributed by atoms with Crippen molar-refractivity contribution in [2.75, 3.05) is 6.61 Å². The molecule has 0 saturated carbocycles. The van der Waals surface area contributed by atoms with Crippen molar-refractivity contribution in [2.24, 2.45) is 0 Å². The summed E-state index contributed by atoms with van der Waals surface area (Å²) in [7, 11) is 0. The Bertz CT molecular complexity index is 561. The first-order valence-electron chi connectivity index (χ1n) is 7.13. The van der Waals surface area contributed by atoms with Crippen LogP contribution in [0.15, 0.2) is 35.7 Å². The Morgan fingerprint density at radius 3 is 2.67 bits per heavy atom. The number of hydrogen-bond donors (Lipinski definition) is 1. The van der Waals surface area contributed by atoms with Gasteiger partial charge in [0.05, 0.1) is 11.6 Å². The van der Waals surface area contributed by atoms with Crippen LogP contribution in [0.4, 0.5) is 0 Å². The molecule has 0 atom stereocenters. The second-order valence-corrected chi connectivity index (χ2v) is 7.49. The lowest BCUT2D eigenvalue weighted by Gasteiger charge is -2.20. The van der Waals surface area contributed by atoms with E-state index in [4.69, 9.17) is 16.3 Å². The van der Waals surface area contributed by atoms with Crippen molar-refractivity contribution in [3.05, 3.63) is 51.2 Å². The summed E-state index contributed by atoms with van der Waals surface area (Å²) >= 11 is 8.04. The molecule has 0 aliphatic heterocycles. The van der Waals surface area contributed by atoms with Crippen molar-refractivity contribution < 1.29 is 4.74 Å². The fourth-order valence-electron chi connectivity index (χ4n) is 1.85. The minimum absolute atomic E-state index is 0.0996. The summed E-state index contributed by atoms with van der Waals surface area (Å²) in [6.07, 6.45) is 0.918. The molecule has 0 amide bonds. The zero-order valence-corrected chi connectivity index (χ0v) is 14.4. The quantitative estimate of drug-likeness (QED) is 0.815. The Morgan fingerprint density at radius 1 is 1.24 bits per heavy atom. The third kappa shape index (κ3) is 5.70. The van der Waals surface area contributed by atoms with E-state index in [1.165, 1.54) is 10.4 Å². The second kappa shape index (κ2) is 7.30. The monoisotopic (exact) mass is 323 g/mol. The molecule has 2 aromatic rings. The van der Waals surface area contributed by atoms with E-state index in [0.717, 1.165) is 18.7 Å². The fraction of sp³-hybridized carbons (Fsp3) is 0.412. The summed E-state index contributed by atoms with van der Waals surface area (Å²) in [5, 5.41) is 6.21. The van der Waals surface area contributed by atoms with Crippen LogP contribution >= 0.6 is 22.9 Å². The maximum atomic E-state index is 6.29. The van der Waals surface area contributed by atoms with Gasteiger partial charge in [0.25, 0.3) is 0 Å². The number of ether oxygens (including phenoxy) is 1. The topological polar surface area (TPSA) is 21.3 Å². The zero-order valence-electron chi connectivity index (χ0n) is 12.8. The predicted octanol–water partition coefficient (Wildman–Crippen LogP) is 4.91. The van der Waals surface area contributed by atoms with Crippen LogP contribution in [0.3, 0.4) is 0 Å². The van der Waals surface area contributed by atoms with Gasteiger partial charge in [-0.25, -0.2) is 0 Å². The predicted molar refractivity (Wildman–Crippen MR) is 91.6 cm³/mol. The van der Waals surface area contributed by atoms with Gasteiger partial charge in [-0.05, 0) is 49.9 Å². The largest absolute Gasteiger partial charge is 0.492 e. The van der Waals surface area contributed by atoms with Crippen molar-refractivity contribution in [3.63, 3.8) is 0 Å². The molecule has 1 aromatic carbocycles. The molecule has 0 fully saturated rings. The first-order chi connectivity index (χ1) is 9.94. The maximum Gasteiger partial charge on any atom is 0.137 e. The van der Waals surface area contributed by atoms with Crippen molar-refractivity contribution in [1.29, 1.82) is 0 Å². The molecule has 1 N–H and O–H groups in total.